The van der Waals surface area contributed by atoms with Gasteiger partial charge in [0.25, 0.3) is 5.69 Å². The Morgan fingerprint density at radius 3 is 2.53 bits per heavy atom. The molecule has 9 heteroatoms. The zero-order valence-electron chi connectivity index (χ0n) is 17.6. The predicted octanol–water partition coefficient (Wildman–Crippen LogP) is 3.46. The Labute approximate surface area is 193 Å². The van der Waals surface area contributed by atoms with Crippen LogP contribution in [0.2, 0.25) is 0 Å². The number of nitro groups is 1. The van der Waals surface area contributed by atoms with Crippen LogP contribution in [0.25, 0.3) is 6.08 Å². The number of non-ortho nitro benzene ring substituents is 1. The minimum Gasteiger partial charge on any atom is -0.461 e. The van der Waals surface area contributed by atoms with Crippen LogP contribution >= 0.6 is 0 Å². The second-order valence-electron chi connectivity index (χ2n) is 8.44. The molecule has 1 aromatic heterocycles. The van der Waals surface area contributed by atoms with Crippen molar-refractivity contribution in [2.24, 2.45) is 11.8 Å². The third-order valence-electron chi connectivity index (χ3n) is 6.75. The average molecular weight is 455 g/mol. The summed E-state index contributed by atoms with van der Waals surface area (Å²) in [6.45, 7) is 0. The van der Waals surface area contributed by atoms with E-state index in [1.165, 1.54) is 36.6 Å². The molecule has 0 unspecified atom stereocenters. The molecule has 34 heavy (non-hydrogen) atoms. The number of para-hydroxylation sites is 1. The molecule has 3 aromatic rings. The fourth-order valence-corrected chi connectivity index (χ4v) is 5.38. The van der Waals surface area contributed by atoms with Crippen LogP contribution < -0.4 is 9.80 Å². The summed E-state index contributed by atoms with van der Waals surface area (Å²) >= 11 is 0. The first-order chi connectivity index (χ1) is 16.5. The van der Waals surface area contributed by atoms with Crippen LogP contribution in [0, 0.1) is 22.0 Å². The molecule has 4 atom stereocenters. The van der Waals surface area contributed by atoms with Gasteiger partial charge in [0.15, 0.2) is 5.76 Å². The summed E-state index contributed by atoms with van der Waals surface area (Å²) in [7, 11) is 0. The van der Waals surface area contributed by atoms with Crippen LogP contribution in [-0.4, -0.2) is 34.6 Å². The molecule has 6 rings (SSSR count). The topological polar surface area (TPSA) is 114 Å². The number of benzene rings is 2. The first-order valence-electron chi connectivity index (χ1n) is 10.7. The number of carbonyl (C=O) groups excluding carboxylic acids is 3. The third kappa shape index (κ3) is 2.70. The molecule has 3 aliphatic rings. The van der Waals surface area contributed by atoms with E-state index in [2.05, 4.69) is 0 Å². The molecule has 0 aliphatic carbocycles. The molecule has 4 heterocycles. The zero-order chi connectivity index (χ0) is 23.6. The Bertz CT molecular complexity index is 1400. The van der Waals surface area contributed by atoms with Crippen LogP contribution in [0.4, 0.5) is 17.1 Å². The molecule has 0 radical (unpaired) electrons. The van der Waals surface area contributed by atoms with Crippen LogP contribution in [0.15, 0.2) is 77.4 Å². The standard InChI is InChI=1S/C25H17N3O6/c29-23(19-9-4-12-34-19)22-21-20(18-11-10-14-5-1-2-8-17(14)27(18)22)24(30)26(25(21)31)15-6-3-7-16(13-15)28(32)33/h1-13,18,20-22H/t18-,20-,21+,22+/m1/s1. The van der Waals surface area contributed by atoms with Crippen LogP contribution in [0.3, 0.4) is 0 Å². The van der Waals surface area contributed by atoms with E-state index in [-0.39, 0.29) is 17.1 Å². The number of imide groups is 1. The van der Waals surface area contributed by atoms with E-state index >= 15 is 0 Å². The fraction of sp³-hybridized carbons (Fsp3) is 0.160. The summed E-state index contributed by atoms with van der Waals surface area (Å²) in [5.41, 5.74) is 1.53. The lowest BCUT2D eigenvalue weighted by molar-refractivity contribution is -0.384. The number of fused-ring (bicyclic) bond motifs is 5. The van der Waals surface area contributed by atoms with Gasteiger partial charge in [-0.05, 0) is 29.8 Å². The summed E-state index contributed by atoms with van der Waals surface area (Å²) in [5, 5.41) is 11.3. The average Bonchev–Trinajstić information content (AvgIpc) is 3.55. The quantitative estimate of drug-likeness (QED) is 0.256. The van der Waals surface area contributed by atoms with Gasteiger partial charge in [-0.3, -0.25) is 24.5 Å². The van der Waals surface area contributed by atoms with E-state index < -0.39 is 46.4 Å². The number of carbonyl (C=O) groups is 3. The monoisotopic (exact) mass is 455 g/mol. The second-order valence-corrected chi connectivity index (χ2v) is 8.44. The van der Waals surface area contributed by atoms with E-state index in [1.807, 2.05) is 41.3 Å². The lowest BCUT2D eigenvalue weighted by atomic mass is 9.87. The summed E-state index contributed by atoms with van der Waals surface area (Å²) in [6, 6.07) is 14.5. The Hall–Kier alpha value is -4.53. The highest BCUT2D eigenvalue weighted by atomic mass is 16.6. The summed E-state index contributed by atoms with van der Waals surface area (Å²) < 4.78 is 5.36. The van der Waals surface area contributed by atoms with E-state index in [4.69, 9.17) is 4.42 Å². The molecule has 0 spiro atoms. The molecule has 2 saturated heterocycles. The van der Waals surface area contributed by atoms with Gasteiger partial charge in [-0.1, -0.05) is 36.4 Å². The molecule has 9 nitrogen and oxygen atoms in total. The summed E-state index contributed by atoms with van der Waals surface area (Å²) in [4.78, 5) is 54.5. The Morgan fingerprint density at radius 2 is 1.76 bits per heavy atom. The first kappa shape index (κ1) is 20.1. The molecule has 3 aliphatic heterocycles. The number of nitro benzene ring substituents is 1. The Morgan fingerprint density at radius 1 is 0.971 bits per heavy atom. The SMILES string of the molecule is O=C(c1ccco1)[C@@H]1[C@H]2C(=O)N(c3cccc([N+](=O)[O-])c3)C(=O)[C@@H]2[C@H]2C=Cc3ccccc3N21. The number of Topliss-reactive ketones (excluding diaryl/α,β-unsaturated/α-hetero) is 1. The lowest BCUT2D eigenvalue weighted by Crippen LogP contribution is -2.48. The maximum atomic E-state index is 13.7. The van der Waals surface area contributed by atoms with E-state index in [1.54, 1.807) is 6.07 Å². The van der Waals surface area contributed by atoms with E-state index in [0.29, 0.717) is 0 Å². The van der Waals surface area contributed by atoms with E-state index in [9.17, 15) is 24.5 Å². The molecule has 0 saturated carbocycles. The fourth-order valence-electron chi connectivity index (χ4n) is 5.38. The molecule has 0 N–H and O–H groups in total. The van der Waals surface area contributed by atoms with Gasteiger partial charge in [0.05, 0.1) is 34.8 Å². The first-order valence-corrected chi connectivity index (χ1v) is 10.7. The van der Waals surface area contributed by atoms with Crippen LogP contribution in [0.1, 0.15) is 16.1 Å². The van der Waals surface area contributed by atoms with Gasteiger partial charge in [-0.25, -0.2) is 4.90 Å². The number of hydrogen-bond acceptors (Lipinski definition) is 7. The normalized spacial score (nSPS) is 24.7. The van der Waals surface area contributed by atoms with Crippen molar-refractivity contribution < 1.29 is 23.7 Å². The van der Waals surface area contributed by atoms with Crippen molar-refractivity contribution in [1.29, 1.82) is 0 Å². The van der Waals surface area contributed by atoms with Gasteiger partial charge in [-0.15, -0.1) is 0 Å². The minimum atomic E-state index is -0.967. The molecule has 2 fully saturated rings. The van der Waals surface area contributed by atoms with Crippen molar-refractivity contribution in [1.82, 2.24) is 0 Å². The number of nitrogens with zero attached hydrogens (tertiary/aromatic N) is 3. The Kier molecular flexibility index (Phi) is 4.28. The largest absolute Gasteiger partial charge is 0.461 e. The van der Waals surface area contributed by atoms with Crippen molar-refractivity contribution in [2.75, 3.05) is 9.80 Å². The molecule has 2 amide bonds. The number of rotatable bonds is 4. The number of amides is 2. The molecular weight excluding hydrogens is 438 g/mol. The van der Waals surface area contributed by atoms with Gasteiger partial charge < -0.3 is 9.32 Å². The van der Waals surface area contributed by atoms with Gasteiger partial charge in [0.1, 0.15) is 6.04 Å². The number of furan rings is 1. The van der Waals surface area contributed by atoms with Crippen molar-refractivity contribution in [3.05, 3.63) is 94.4 Å². The van der Waals surface area contributed by atoms with Crippen molar-refractivity contribution in [2.45, 2.75) is 12.1 Å². The van der Waals surface area contributed by atoms with Gasteiger partial charge in [0.2, 0.25) is 17.6 Å². The van der Waals surface area contributed by atoms with Crippen molar-refractivity contribution in [3.63, 3.8) is 0 Å². The molecular formula is C25H17N3O6. The maximum Gasteiger partial charge on any atom is 0.271 e. The Balaban J connectivity index is 1.49. The summed E-state index contributed by atoms with van der Waals surface area (Å²) in [6.07, 6.45) is 5.12. The maximum absolute atomic E-state index is 13.7. The van der Waals surface area contributed by atoms with Gasteiger partial charge in [-0.2, -0.15) is 0 Å². The second kappa shape index (κ2) is 7.24. The van der Waals surface area contributed by atoms with Crippen LogP contribution in [0.5, 0.6) is 0 Å². The molecule has 168 valence electrons. The zero-order valence-corrected chi connectivity index (χ0v) is 17.6. The van der Waals surface area contributed by atoms with Crippen LogP contribution in [-0.2, 0) is 9.59 Å². The summed E-state index contributed by atoms with van der Waals surface area (Å²) in [5.74, 6) is -3.12. The van der Waals surface area contributed by atoms with Crippen molar-refractivity contribution >= 4 is 40.7 Å². The minimum absolute atomic E-state index is 0.102. The van der Waals surface area contributed by atoms with Crippen molar-refractivity contribution in [3.8, 4) is 0 Å². The highest BCUT2D eigenvalue weighted by Gasteiger charge is 2.64. The predicted molar refractivity (Wildman–Crippen MR) is 121 cm³/mol. The van der Waals surface area contributed by atoms with Gasteiger partial charge >= 0.3 is 0 Å². The molecule has 2 aromatic carbocycles. The van der Waals surface area contributed by atoms with Gasteiger partial charge in [0, 0.05) is 17.8 Å². The number of ketones is 1. The number of hydrogen-bond donors (Lipinski definition) is 0. The smallest absolute Gasteiger partial charge is 0.271 e. The lowest BCUT2D eigenvalue weighted by Gasteiger charge is -2.36. The molecule has 0 bridgehead atoms. The highest BCUT2D eigenvalue weighted by Crippen LogP contribution is 2.49. The third-order valence-corrected chi connectivity index (χ3v) is 6.75. The van der Waals surface area contributed by atoms with E-state index in [0.717, 1.165) is 16.2 Å². The highest BCUT2D eigenvalue weighted by molar-refractivity contribution is 6.25. The number of anilines is 2.